The van der Waals surface area contributed by atoms with Gasteiger partial charge in [0.2, 0.25) is 0 Å². The molecule has 2 aromatic rings. The molecular formula is C16H18ClN3. The number of nitrogens with zero attached hydrogens (tertiary/aromatic N) is 3. The Kier molecular flexibility index (Phi) is 3.97. The van der Waals surface area contributed by atoms with E-state index in [2.05, 4.69) is 27.9 Å². The third kappa shape index (κ3) is 2.42. The minimum Gasteiger partial charge on any atom is -0.260 e. The average Bonchev–Trinajstić information content (AvgIpc) is 2.49. The maximum Gasteiger partial charge on any atom is 0.135 e. The molecule has 0 saturated heterocycles. The molecule has 0 N–H and O–H groups in total. The fraction of sp³-hybridized carbons (Fsp3) is 0.438. The van der Waals surface area contributed by atoms with E-state index in [1.807, 2.05) is 12.3 Å². The fourth-order valence-electron chi connectivity index (χ4n) is 3.06. The molecule has 20 heavy (non-hydrogen) atoms. The number of hydrogen-bond acceptors (Lipinski definition) is 3. The van der Waals surface area contributed by atoms with Crippen LogP contribution in [0.15, 0.2) is 24.7 Å². The number of aromatic nitrogens is 3. The van der Waals surface area contributed by atoms with Crippen LogP contribution in [-0.2, 0) is 12.8 Å². The van der Waals surface area contributed by atoms with Crippen molar-refractivity contribution in [2.24, 2.45) is 0 Å². The minimum atomic E-state index is 0.266. The Morgan fingerprint density at radius 2 is 2.15 bits per heavy atom. The van der Waals surface area contributed by atoms with E-state index in [0.29, 0.717) is 5.15 Å². The Labute approximate surface area is 124 Å². The SMILES string of the molecule is CCCc1c(Cl)ncnc1C1CCCc2cccnc21. The molecule has 4 heteroatoms. The molecule has 1 atom stereocenters. The molecule has 104 valence electrons. The molecule has 0 bridgehead atoms. The van der Waals surface area contributed by atoms with Crippen LogP contribution in [0.4, 0.5) is 0 Å². The van der Waals surface area contributed by atoms with Crippen molar-refractivity contribution < 1.29 is 0 Å². The third-order valence-corrected chi connectivity index (χ3v) is 4.28. The van der Waals surface area contributed by atoms with E-state index in [9.17, 15) is 0 Å². The van der Waals surface area contributed by atoms with Crippen LogP contribution in [0.3, 0.4) is 0 Å². The van der Waals surface area contributed by atoms with E-state index in [-0.39, 0.29) is 5.92 Å². The van der Waals surface area contributed by atoms with Crippen molar-refractivity contribution in [1.82, 2.24) is 15.0 Å². The number of fused-ring (bicyclic) bond motifs is 1. The van der Waals surface area contributed by atoms with E-state index in [0.717, 1.165) is 36.9 Å². The standard InChI is InChI=1S/C16H18ClN3/c1-2-5-13-15(19-10-20-16(13)17)12-8-3-6-11-7-4-9-18-14(11)12/h4,7,9-10,12H,2-3,5-6,8H2,1H3. The van der Waals surface area contributed by atoms with E-state index >= 15 is 0 Å². The van der Waals surface area contributed by atoms with Gasteiger partial charge in [-0.15, -0.1) is 0 Å². The van der Waals surface area contributed by atoms with Gasteiger partial charge < -0.3 is 0 Å². The largest absolute Gasteiger partial charge is 0.260 e. The molecule has 2 heterocycles. The summed E-state index contributed by atoms with van der Waals surface area (Å²) in [5, 5.41) is 0.597. The van der Waals surface area contributed by atoms with Crippen molar-refractivity contribution in [3.63, 3.8) is 0 Å². The lowest BCUT2D eigenvalue weighted by molar-refractivity contribution is 0.580. The first-order valence-electron chi connectivity index (χ1n) is 7.24. The molecule has 3 rings (SSSR count). The summed E-state index contributed by atoms with van der Waals surface area (Å²) in [5.41, 5.74) is 4.69. The Morgan fingerprint density at radius 1 is 1.25 bits per heavy atom. The van der Waals surface area contributed by atoms with Crippen molar-refractivity contribution in [1.29, 1.82) is 0 Å². The zero-order valence-electron chi connectivity index (χ0n) is 11.6. The molecule has 1 aliphatic carbocycles. The van der Waals surface area contributed by atoms with Gasteiger partial charge in [-0.05, 0) is 37.3 Å². The van der Waals surface area contributed by atoms with Crippen molar-refractivity contribution >= 4 is 11.6 Å². The fourth-order valence-corrected chi connectivity index (χ4v) is 3.30. The molecule has 0 fully saturated rings. The van der Waals surface area contributed by atoms with Crippen molar-refractivity contribution in [2.75, 3.05) is 0 Å². The molecule has 0 aromatic carbocycles. The Morgan fingerprint density at radius 3 is 3.00 bits per heavy atom. The minimum absolute atomic E-state index is 0.266. The molecule has 2 aromatic heterocycles. The van der Waals surface area contributed by atoms with E-state index in [1.54, 1.807) is 6.33 Å². The van der Waals surface area contributed by atoms with Gasteiger partial charge in [-0.25, -0.2) is 9.97 Å². The van der Waals surface area contributed by atoms with Crippen LogP contribution < -0.4 is 0 Å². The Hall–Kier alpha value is -1.48. The number of pyridine rings is 1. The third-order valence-electron chi connectivity index (χ3n) is 3.95. The van der Waals surface area contributed by atoms with E-state index in [4.69, 9.17) is 11.6 Å². The molecule has 1 unspecified atom stereocenters. The molecule has 0 amide bonds. The Balaban J connectivity index is 2.08. The predicted octanol–water partition coefficient (Wildman–Crippen LogP) is 3.95. The molecule has 0 aliphatic heterocycles. The molecule has 1 aliphatic rings. The molecule has 3 nitrogen and oxygen atoms in total. The van der Waals surface area contributed by atoms with Crippen molar-refractivity contribution in [3.05, 3.63) is 52.3 Å². The zero-order chi connectivity index (χ0) is 13.9. The molecule has 0 radical (unpaired) electrons. The summed E-state index contributed by atoms with van der Waals surface area (Å²) < 4.78 is 0. The quantitative estimate of drug-likeness (QED) is 0.803. The van der Waals surface area contributed by atoms with Gasteiger partial charge >= 0.3 is 0 Å². The van der Waals surface area contributed by atoms with Crippen molar-refractivity contribution in [2.45, 2.75) is 44.9 Å². The highest BCUT2D eigenvalue weighted by Crippen LogP contribution is 2.37. The highest BCUT2D eigenvalue weighted by Gasteiger charge is 2.26. The van der Waals surface area contributed by atoms with Gasteiger partial charge in [0.25, 0.3) is 0 Å². The summed E-state index contributed by atoms with van der Waals surface area (Å²) >= 11 is 6.28. The number of aryl methyl sites for hydroxylation is 1. The second-order valence-electron chi connectivity index (χ2n) is 5.27. The first kappa shape index (κ1) is 13.5. The second-order valence-corrected chi connectivity index (χ2v) is 5.63. The topological polar surface area (TPSA) is 38.7 Å². The summed E-state index contributed by atoms with van der Waals surface area (Å²) in [4.78, 5) is 13.3. The van der Waals surface area contributed by atoms with E-state index < -0.39 is 0 Å². The lowest BCUT2D eigenvalue weighted by atomic mass is 9.83. The van der Waals surface area contributed by atoms with Gasteiger partial charge in [-0.2, -0.15) is 0 Å². The number of halogens is 1. The normalized spacial score (nSPS) is 17.8. The highest BCUT2D eigenvalue weighted by molar-refractivity contribution is 6.30. The maximum atomic E-state index is 6.28. The lowest BCUT2D eigenvalue weighted by Gasteiger charge is -2.25. The van der Waals surface area contributed by atoms with Crippen LogP contribution in [-0.4, -0.2) is 15.0 Å². The Bertz CT molecular complexity index is 612. The summed E-state index contributed by atoms with van der Waals surface area (Å²) in [6, 6.07) is 4.19. The smallest absolute Gasteiger partial charge is 0.135 e. The maximum absolute atomic E-state index is 6.28. The van der Waals surface area contributed by atoms with Crippen LogP contribution in [0.1, 0.15) is 54.6 Å². The molecule has 0 spiro atoms. The zero-order valence-corrected chi connectivity index (χ0v) is 12.4. The lowest BCUT2D eigenvalue weighted by Crippen LogP contribution is -2.16. The van der Waals surface area contributed by atoms with Gasteiger partial charge in [0.05, 0.1) is 11.4 Å². The van der Waals surface area contributed by atoms with Crippen LogP contribution in [0, 0.1) is 0 Å². The van der Waals surface area contributed by atoms with Gasteiger partial charge in [0, 0.05) is 17.7 Å². The monoisotopic (exact) mass is 287 g/mol. The van der Waals surface area contributed by atoms with Crippen molar-refractivity contribution in [3.8, 4) is 0 Å². The molecular weight excluding hydrogens is 270 g/mol. The predicted molar refractivity (Wildman–Crippen MR) is 80.1 cm³/mol. The average molecular weight is 288 g/mol. The van der Waals surface area contributed by atoms with Crippen LogP contribution in [0.25, 0.3) is 0 Å². The number of hydrogen-bond donors (Lipinski definition) is 0. The first-order valence-corrected chi connectivity index (χ1v) is 7.62. The summed E-state index contributed by atoms with van der Waals surface area (Å²) in [7, 11) is 0. The van der Waals surface area contributed by atoms with E-state index in [1.165, 1.54) is 17.7 Å². The van der Waals surface area contributed by atoms with Crippen LogP contribution in [0.5, 0.6) is 0 Å². The van der Waals surface area contributed by atoms with Gasteiger partial charge in [-0.3, -0.25) is 4.98 Å². The highest BCUT2D eigenvalue weighted by atomic mass is 35.5. The summed E-state index contributed by atoms with van der Waals surface area (Å²) in [6.45, 7) is 2.15. The first-order chi connectivity index (χ1) is 9.81. The molecule has 0 saturated carbocycles. The number of rotatable bonds is 3. The van der Waals surface area contributed by atoms with Gasteiger partial charge in [-0.1, -0.05) is 31.0 Å². The summed E-state index contributed by atoms with van der Waals surface area (Å²) in [5.74, 6) is 0.266. The van der Waals surface area contributed by atoms with Crippen LogP contribution in [0.2, 0.25) is 5.15 Å². The van der Waals surface area contributed by atoms with Crippen LogP contribution >= 0.6 is 11.6 Å². The van der Waals surface area contributed by atoms with Gasteiger partial charge in [0.1, 0.15) is 11.5 Å². The second kappa shape index (κ2) is 5.88. The van der Waals surface area contributed by atoms with Gasteiger partial charge in [0.15, 0.2) is 0 Å². The summed E-state index contributed by atoms with van der Waals surface area (Å²) in [6.07, 6.45) is 8.80.